The SMILES string of the molecule is CSc1nccc(-c2c(-c3ccc(F)cc3)nc(-c3c(Cl)cc(O)cc3Cl)n2O)n1. The molecular weight excluding hydrogens is 450 g/mol. The molecule has 152 valence electrons. The monoisotopic (exact) mass is 462 g/mol. The van der Waals surface area contributed by atoms with E-state index in [1.807, 2.05) is 6.26 Å². The zero-order valence-electron chi connectivity index (χ0n) is 15.3. The third kappa shape index (κ3) is 3.69. The topological polar surface area (TPSA) is 84.1 Å². The van der Waals surface area contributed by atoms with Crippen LogP contribution in [-0.4, -0.2) is 36.3 Å². The van der Waals surface area contributed by atoms with Gasteiger partial charge in [0, 0.05) is 11.8 Å². The second-order valence-corrected chi connectivity index (χ2v) is 7.75. The molecule has 2 aromatic carbocycles. The van der Waals surface area contributed by atoms with Gasteiger partial charge in [-0.15, -0.1) is 0 Å². The zero-order valence-corrected chi connectivity index (χ0v) is 17.7. The van der Waals surface area contributed by atoms with Gasteiger partial charge in [-0.05, 0) is 48.7 Å². The van der Waals surface area contributed by atoms with Crippen LogP contribution in [0.3, 0.4) is 0 Å². The molecule has 0 bridgehead atoms. The standard InChI is InChI=1S/C20H13Cl2FN4O2S/c1-30-20-24-7-6-15(25-20)18-17(10-2-4-11(23)5-3-10)26-19(27(18)29)16-13(21)8-12(28)9-14(16)22/h2-9,28-29H,1H3. The molecule has 0 aliphatic carbocycles. The second-order valence-electron chi connectivity index (χ2n) is 6.16. The van der Waals surface area contributed by atoms with Gasteiger partial charge in [-0.2, -0.15) is 4.73 Å². The Morgan fingerprint density at radius 1 is 1.03 bits per heavy atom. The Morgan fingerprint density at radius 3 is 2.33 bits per heavy atom. The minimum absolute atomic E-state index is 0.0450. The van der Waals surface area contributed by atoms with Crippen LogP contribution in [0.25, 0.3) is 34.0 Å². The lowest BCUT2D eigenvalue weighted by Crippen LogP contribution is -2.00. The van der Waals surface area contributed by atoms with Crippen LogP contribution >= 0.6 is 35.0 Å². The molecule has 0 saturated heterocycles. The number of nitrogens with zero attached hydrogens (tertiary/aromatic N) is 4. The maximum Gasteiger partial charge on any atom is 0.187 e. The predicted molar refractivity (Wildman–Crippen MR) is 115 cm³/mol. The fraction of sp³-hybridized carbons (Fsp3) is 0.0500. The Labute approximate surface area is 184 Å². The normalized spacial score (nSPS) is 11.1. The Morgan fingerprint density at radius 2 is 1.70 bits per heavy atom. The van der Waals surface area contributed by atoms with Gasteiger partial charge in [0.2, 0.25) is 0 Å². The Bertz CT molecular complexity index is 1230. The number of hydrogen-bond acceptors (Lipinski definition) is 6. The molecular formula is C20H13Cl2FN4O2S. The van der Waals surface area contributed by atoms with Gasteiger partial charge in [0.25, 0.3) is 0 Å². The molecule has 6 nitrogen and oxygen atoms in total. The first kappa shape index (κ1) is 20.5. The molecule has 0 aliphatic rings. The van der Waals surface area contributed by atoms with Crippen LogP contribution in [0, 0.1) is 5.82 Å². The Hall–Kier alpha value is -2.81. The molecule has 0 unspecified atom stereocenters. The lowest BCUT2D eigenvalue weighted by Gasteiger charge is -2.09. The number of rotatable bonds is 4. The first-order valence-corrected chi connectivity index (χ1v) is 10.5. The predicted octanol–water partition coefficient (Wildman–Crippen LogP) is 5.78. The van der Waals surface area contributed by atoms with E-state index in [4.69, 9.17) is 23.2 Å². The molecule has 30 heavy (non-hydrogen) atoms. The van der Waals surface area contributed by atoms with E-state index < -0.39 is 5.82 Å². The third-order valence-corrected chi connectivity index (χ3v) is 5.44. The van der Waals surface area contributed by atoms with Crippen LogP contribution in [0.4, 0.5) is 4.39 Å². The van der Waals surface area contributed by atoms with Crippen molar-refractivity contribution in [3.63, 3.8) is 0 Å². The number of aromatic hydroxyl groups is 1. The number of phenolic OH excluding ortho intramolecular Hbond substituents is 1. The summed E-state index contributed by atoms with van der Waals surface area (Å²) in [7, 11) is 0. The molecule has 0 aliphatic heterocycles. The van der Waals surface area contributed by atoms with Crippen molar-refractivity contribution < 1.29 is 14.7 Å². The average Bonchev–Trinajstić information content (AvgIpc) is 3.05. The van der Waals surface area contributed by atoms with Crippen LogP contribution in [-0.2, 0) is 0 Å². The summed E-state index contributed by atoms with van der Waals surface area (Å²) in [5.74, 6) is -0.479. The molecule has 0 atom stereocenters. The number of thioether (sulfide) groups is 1. The number of hydrogen-bond donors (Lipinski definition) is 2. The van der Waals surface area contributed by atoms with E-state index >= 15 is 0 Å². The van der Waals surface area contributed by atoms with Gasteiger partial charge in [0.05, 0.1) is 21.3 Å². The highest BCUT2D eigenvalue weighted by atomic mass is 35.5. The average molecular weight is 463 g/mol. The lowest BCUT2D eigenvalue weighted by atomic mass is 10.1. The summed E-state index contributed by atoms with van der Waals surface area (Å²) in [5.41, 5.74) is 1.79. The second kappa shape index (κ2) is 8.14. The van der Waals surface area contributed by atoms with Gasteiger partial charge in [0.1, 0.15) is 23.0 Å². The van der Waals surface area contributed by atoms with E-state index in [1.54, 1.807) is 24.4 Å². The van der Waals surface area contributed by atoms with Gasteiger partial charge in [-0.3, -0.25) is 0 Å². The Balaban J connectivity index is 2.02. The van der Waals surface area contributed by atoms with Crippen LogP contribution < -0.4 is 0 Å². The van der Waals surface area contributed by atoms with Crippen molar-refractivity contribution in [3.8, 4) is 39.8 Å². The molecule has 0 fully saturated rings. The van der Waals surface area contributed by atoms with Crippen molar-refractivity contribution in [3.05, 3.63) is 64.5 Å². The smallest absolute Gasteiger partial charge is 0.187 e. The molecule has 0 saturated carbocycles. The first-order chi connectivity index (χ1) is 14.4. The summed E-state index contributed by atoms with van der Waals surface area (Å²) in [5, 5.41) is 21.5. The van der Waals surface area contributed by atoms with Crippen molar-refractivity contribution in [2.45, 2.75) is 5.16 Å². The lowest BCUT2D eigenvalue weighted by molar-refractivity contribution is 0.195. The van der Waals surface area contributed by atoms with Crippen LogP contribution in [0.1, 0.15) is 0 Å². The summed E-state index contributed by atoms with van der Waals surface area (Å²) in [4.78, 5) is 13.1. The molecule has 0 radical (unpaired) electrons. The molecule has 4 aromatic rings. The van der Waals surface area contributed by atoms with Crippen molar-refractivity contribution in [2.75, 3.05) is 6.26 Å². The molecule has 4 rings (SSSR count). The maximum absolute atomic E-state index is 13.5. The third-order valence-electron chi connectivity index (χ3n) is 4.28. The van der Waals surface area contributed by atoms with E-state index in [0.29, 0.717) is 22.1 Å². The van der Waals surface area contributed by atoms with Crippen LogP contribution in [0.15, 0.2) is 53.8 Å². The highest BCUT2D eigenvalue weighted by molar-refractivity contribution is 7.98. The van der Waals surface area contributed by atoms with E-state index in [0.717, 1.165) is 4.73 Å². The van der Waals surface area contributed by atoms with E-state index in [1.165, 1.54) is 36.0 Å². The van der Waals surface area contributed by atoms with Gasteiger partial charge < -0.3 is 10.3 Å². The fourth-order valence-corrected chi connectivity index (χ4v) is 3.96. The number of phenols is 1. The summed E-state index contributed by atoms with van der Waals surface area (Å²) in [6.07, 6.45) is 3.40. The molecule has 2 aromatic heterocycles. The quantitative estimate of drug-likeness (QED) is 0.227. The molecule has 0 amide bonds. The summed E-state index contributed by atoms with van der Waals surface area (Å²) in [6.45, 7) is 0. The highest BCUT2D eigenvalue weighted by Crippen LogP contribution is 2.41. The number of halogens is 3. The minimum Gasteiger partial charge on any atom is -0.508 e. The van der Waals surface area contributed by atoms with Gasteiger partial charge >= 0.3 is 0 Å². The van der Waals surface area contributed by atoms with Crippen LogP contribution in [0.5, 0.6) is 5.75 Å². The van der Waals surface area contributed by atoms with Crippen molar-refractivity contribution >= 4 is 35.0 Å². The van der Waals surface area contributed by atoms with Crippen LogP contribution in [0.2, 0.25) is 10.0 Å². The summed E-state index contributed by atoms with van der Waals surface area (Å²) < 4.78 is 14.3. The highest BCUT2D eigenvalue weighted by Gasteiger charge is 2.25. The number of imidazole rings is 1. The first-order valence-electron chi connectivity index (χ1n) is 8.52. The van der Waals surface area contributed by atoms with Gasteiger partial charge in [-0.25, -0.2) is 19.3 Å². The van der Waals surface area contributed by atoms with Gasteiger partial charge in [-0.1, -0.05) is 35.0 Å². The number of aromatic nitrogens is 4. The Kier molecular flexibility index (Phi) is 5.55. The van der Waals surface area contributed by atoms with Crippen molar-refractivity contribution in [1.29, 1.82) is 0 Å². The van der Waals surface area contributed by atoms with E-state index in [-0.39, 0.29) is 32.9 Å². The molecule has 0 spiro atoms. The molecule has 2 N–H and O–H groups in total. The molecule has 10 heteroatoms. The fourth-order valence-electron chi connectivity index (χ4n) is 2.96. The zero-order chi connectivity index (χ0) is 21.4. The van der Waals surface area contributed by atoms with E-state index in [9.17, 15) is 14.7 Å². The minimum atomic E-state index is -0.403. The van der Waals surface area contributed by atoms with Gasteiger partial charge in [0.15, 0.2) is 11.0 Å². The summed E-state index contributed by atoms with van der Waals surface area (Å²) in [6, 6.07) is 9.89. The van der Waals surface area contributed by atoms with Crippen molar-refractivity contribution in [2.24, 2.45) is 0 Å². The van der Waals surface area contributed by atoms with E-state index in [2.05, 4.69) is 15.0 Å². The number of benzene rings is 2. The maximum atomic E-state index is 13.5. The largest absolute Gasteiger partial charge is 0.508 e. The molecule has 2 heterocycles. The summed E-state index contributed by atoms with van der Waals surface area (Å²) >= 11 is 13.9. The van der Waals surface area contributed by atoms with Crippen molar-refractivity contribution in [1.82, 2.24) is 19.7 Å².